The second-order valence-electron chi connectivity index (χ2n) is 7.83. The summed E-state index contributed by atoms with van der Waals surface area (Å²) in [6, 6.07) is 0. The number of aromatic nitrogens is 4. The molecule has 0 aliphatic carbocycles. The van der Waals surface area contributed by atoms with Gasteiger partial charge in [0, 0.05) is 19.8 Å². The number of rotatable bonds is 11. The smallest absolute Gasteiger partial charge is 0.319 e. The lowest BCUT2D eigenvalue weighted by Gasteiger charge is -2.24. The number of nitrogens with one attached hydrogen (secondary N) is 2. The average molecular weight is 534 g/mol. The topological polar surface area (TPSA) is 219 Å². The van der Waals surface area contributed by atoms with Crippen LogP contribution in [-0.2, 0) is 27.9 Å². The van der Waals surface area contributed by atoms with Crippen LogP contribution in [0.4, 0.5) is 5.95 Å². The Kier molecular flexibility index (Phi) is 8.77. The summed E-state index contributed by atoms with van der Waals surface area (Å²) in [5, 5.41) is 13.9. The third-order valence-electron chi connectivity index (χ3n) is 5.31. The maximum atomic E-state index is 12.4. The van der Waals surface area contributed by atoms with E-state index in [1.54, 1.807) is 0 Å². The van der Waals surface area contributed by atoms with Gasteiger partial charge in [0.15, 0.2) is 22.5 Å². The Morgan fingerprint density at radius 3 is 2.97 bits per heavy atom. The number of hydrogen-bond donors (Lipinski definition) is 5. The number of nitrogen functional groups attached to an aromatic ring is 1. The Hall–Kier alpha value is -2.04. The van der Waals surface area contributed by atoms with Crippen LogP contribution in [0.3, 0.4) is 0 Å². The maximum absolute atomic E-state index is 12.4. The molecular weight excluding hydrogens is 505 g/mol. The first-order chi connectivity index (χ1) is 16.9. The molecule has 0 saturated carbocycles. The van der Waals surface area contributed by atoms with E-state index in [9.17, 15) is 19.3 Å². The highest BCUT2D eigenvalue weighted by molar-refractivity contribution is 7.99. The van der Waals surface area contributed by atoms with Crippen LogP contribution in [0.5, 0.6) is 0 Å². The molecule has 0 radical (unpaired) electrons. The predicted octanol–water partition coefficient (Wildman–Crippen LogP) is -1.27. The molecule has 4 heterocycles. The van der Waals surface area contributed by atoms with Crippen molar-refractivity contribution in [3.05, 3.63) is 10.4 Å². The van der Waals surface area contributed by atoms with Gasteiger partial charge >= 0.3 is 8.25 Å². The highest BCUT2D eigenvalue weighted by Crippen LogP contribution is 2.44. The molecule has 2 aliphatic rings. The number of aliphatic hydroxyl groups excluding tert-OH is 1. The third kappa shape index (κ3) is 6.03. The summed E-state index contributed by atoms with van der Waals surface area (Å²) in [7, 11) is -2.75. The minimum absolute atomic E-state index is 0.0201. The molecule has 2 aliphatic heterocycles. The highest BCUT2D eigenvalue weighted by atomic mass is 32.2. The first-order valence-electron chi connectivity index (χ1n) is 11.0. The Balaban J connectivity index is 1.47. The average Bonchev–Trinajstić information content (AvgIpc) is 3.34. The summed E-state index contributed by atoms with van der Waals surface area (Å²) >= 11 is 1.04. The molecule has 0 spiro atoms. The molecule has 7 N–H and O–H groups in total. The second-order valence-corrected chi connectivity index (χ2v) is 9.80. The van der Waals surface area contributed by atoms with Gasteiger partial charge in [-0.2, -0.15) is 4.98 Å². The quantitative estimate of drug-likeness (QED) is 0.129. The first-order valence-corrected chi connectivity index (χ1v) is 13.2. The lowest BCUT2D eigenvalue weighted by Crippen LogP contribution is -2.37. The number of H-pyrrole nitrogens is 1. The Labute approximate surface area is 204 Å². The van der Waals surface area contributed by atoms with Crippen molar-refractivity contribution in [2.75, 3.05) is 44.4 Å². The van der Waals surface area contributed by atoms with Crippen LogP contribution in [0.1, 0.15) is 19.1 Å². The summed E-state index contributed by atoms with van der Waals surface area (Å²) in [6.45, 7) is 2.06. The molecule has 2 aromatic heterocycles. The lowest BCUT2D eigenvalue weighted by molar-refractivity contribution is -0.118. The largest absolute Gasteiger partial charge is 0.386 e. The van der Waals surface area contributed by atoms with Gasteiger partial charge in [0.1, 0.15) is 18.3 Å². The van der Waals surface area contributed by atoms with Gasteiger partial charge in [0.25, 0.3) is 5.56 Å². The number of aromatic amines is 1. The van der Waals surface area contributed by atoms with Crippen molar-refractivity contribution in [1.29, 1.82) is 0 Å². The number of aliphatic hydroxyl groups is 1. The number of amides is 1. The highest BCUT2D eigenvalue weighted by Gasteiger charge is 2.50. The number of hydrogen-bond acceptors (Lipinski definition) is 13. The molecule has 0 aromatic carbocycles. The van der Waals surface area contributed by atoms with Crippen molar-refractivity contribution < 1.29 is 33.0 Å². The molecule has 35 heavy (non-hydrogen) atoms. The van der Waals surface area contributed by atoms with Gasteiger partial charge in [0.05, 0.1) is 12.4 Å². The van der Waals surface area contributed by atoms with E-state index in [0.717, 1.165) is 18.2 Å². The molecule has 4 rings (SSSR count). The van der Waals surface area contributed by atoms with Gasteiger partial charge in [-0.25, -0.2) is 4.98 Å². The van der Waals surface area contributed by atoms with Crippen molar-refractivity contribution in [3.63, 3.8) is 0 Å². The van der Waals surface area contributed by atoms with E-state index >= 15 is 0 Å². The van der Waals surface area contributed by atoms with E-state index < -0.39 is 38.4 Å². The van der Waals surface area contributed by atoms with Crippen molar-refractivity contribution in [1.82, 2.24) is 24.8 Å². The molecule has 2 aromatic rings. The zero-order chi connectivity index (χ0) is 24.9. The van der Waals surface area contributed by atoms with Crippen molar-refractivity contribution in [2.24, 2.45) is 5.73 Å². The van der Waals surface area contributed by atoms with Crippen molar-refractivity contribution >= 4 is 43.0 Å². The zero-order valence-electron chi connectivity index (χ0n) is 18.7. The van der Waals surface area contributed by atoms with Gasteiger partial charge in [-0.3, -0.25) is 23.7 Å². The summed E-state index contributed by atoms with van der Waals surface area (Å²) in [6.07, 6.45) is -2.50. The number of thioether (sulfide) groups is 1. The molecular formula is C18H28N7O8PS. The monoisotopic (exact) mass is 533 g/mol. The summed E-state index contributed by atoms with van der Waals surface area (Å²) < 4.78 is 34.6. The molecule has 0 bridgehead atoms. The number of fused-ring (bicyclic) bond motifs is 2. The molecule has 15 nitrogen and oxygen atoms in total. The van der Waals surface area contributed by atoms with Crippen LogP contribution in [-0.4, -0.2) is 87.5 Å². The Morgan fingerprint density at radius 1 is 1.37 bits per heavy atom. The fourth-order valence-electron chi connectivity index (χ4n) is 3.69. The Bertz CT molecular complexity index is 1130. The molecule has 1 amide bonds. The fraction of sp³-hybridized carbons (Fsp3) is 0.667. The van der Waals surface area contributed by atoms with Crippen LogP contribution in [0.15, 0.2) is 9.95 Å². The van der Waals surface area contributed by atoms with Gasteiger partial charge in [-0.1, -0.05) is 11.8 Å². The number of anilines is 1. The van der Waals surface area contributed by atoms with E-state index in [2.05, 4.69) is 20.3 Å². The number of carbonyl (C=O) groups is 1. The number of nitrogens with two attached hydrogens (primary N) is 2. The lowest BCUT2D eigenvalue weighted by atomic mass is 10.1. The first kappa shape index (κ1) is 26.0. The van der Waals surface area contributed by atoms with Gasteiger partial charge < -0.3 is 40.4 Å². The van der Waals surface area contributed by atoms with Crippen LogP contribution in [0, 0.1) is 0 Å². The van der Waals surface area contributed by atoms with Crippen LogP contribution < -0.4 is 22.3 Å². The number of carbonyl (C=O) groups excluding carboxylic acids is 1. The maximum Gasteiger partial charge on any atom is 0.319 e. The van der Waals surface area contributed by atoms with Crippen molar-refractivity contribution in [3.8, 4) is 0 Å². The minimum atomic E-state index is -2.75. The van der Waals surface area contributed by atoms with E-state index in [1.807, 2.05) is 0 Å². The van der Waals surface area contributed by atoms with Crippen LogP contribution >= 0.6 is 20.0 Å². The van der Waals surface area contributed by atoms with E-state index in [4.69, 9.17) is 30.0 Å². The predicted molar refractivity (Wildman–Crippen MR) is 125 cm³/mol. The number of nitrogens with zero attached hydrogens (tertiary/aromatic N) is 3. The standard InChI is InChI=1S/C18H28N7O8PS/c19-3-1-5-30-6-2-4-21-10(26)8-35-18-22-11-14(23-17(20)24-15(11)28)25(18)16-12(27)13-9(32-16)7-31-34(29)33-13/h9,12-13,16,27,34H,1-8,19H2,(H,21,26)(H3,20,23,24,28)/t9?,12?,13-,16-/m1/s1. The van der Waals surface area contributed by atoms with Gasteiger partial charge in [-0.15, -0.1) is 0 Å². The Morgan fingerprint density at radius 2 is 2.17 bits per heavy atom. The minimum Gasteiger partial charge on any atom is -0.386 e. The SMILES string of the molecule is NCCCOCCCNC(=O)CSc1nc2c(=O)[nH]c(N)nc2n1[C@@H]1OC2CO[PH](=O)O[C@H]2C1O. The van der Waals surface area contributed by atoms with Crippen LogP contribution in [0.2, 0.25) is 0 Å². The molecule has 3 unspecified atom stereocenters. The van der Waals surface area contributed by atoms with E-state index in [0.29, 0.717) is 32.7 Å². The third-order valence-corrected chi connectivity index (χ3v) is 7.13. The summed E-state index contributed by atoms with van der Waals surface area (Å²) in [5.41, 5.74) is 10.6. The van der Waals surface area contributed by atoms with Crippen molar-refractivity contribution in [2.45, 2.75) is 42.5 Å². The zero-order valence-corrected chi connectivity index (χ0v) is 20.5. The van der Waals surface area contributed by atoms with Gasteiger partial charge in [0.2, 0.25) is 11.9 Å². The molecule has 2 saturated heterocycles. The van der Waals surface area contributed by atoms with Crippen LogP contribution in [0.25, 0.3) is 11.2 Å². The number of ether oxygens (including phenoxy) is 2. The second kappa shape index (κ2) is 11.8. The summed E-state index contributed by atoms with van der Waals surface area (Å²) in [5.74, 6) is -0.428. The molecule has 194 valence electrons. The molecule has 2 fully saturated rings. The summed E-state index contributed by atoms with van der Waals surface area (Å²) in [4.78, 5) is 35.6. The normalized spacial score (nSPS) is 26.2. The molecule has 17 heteroatoms. The fourth-order valence-corrected chi connectivity index (χ4v) is 5.42. The van der Waals surface area contributed by atoms with Gasteiger partial charge in [-0.05, 0) is 19.4 Å². The molecule has 5 atom stereocenters. The van der Waals surface area contributed by atoms with E-state index in [1.165, 1.54) is 4.57 Å². The number of imidazole rings is 1. The van der Waals surface area contributed by atoms with E-state index in [-0.39, 0.29) is 40.5 Å².